The van der Waals surface area contributed by atoms with E-state index in [1.165, 1.54) is 11.3 Å². The van der Waals surface area contributed by atoms with Crippen LogP contribution in [0.25, 0.3) is 0 Å². The van der Waals surface area contributed by atoms with Crippen molar-refractivity contribution in [2.24, 2.45) is 5.92 Å². The minimum Gasteiger partial charge on any atom is -0.396 e. The quantitative estimate of drug-likeness (QED) is 0.806. The molecule has 1 fully saturated rings. The van der Waals surface area contributed by atoms with Crippen molar-refractivity contribution < 1.29 is 10.2 Å². The van der Waals surface area contributed by atoms with Gasteiger partial charge >= 0.3 is 0 Å². The summed E-state index contributed by atoms with van der Waals surface area (Å²) < 4.78 is 0. The molecule has 104 valence electrons. The third kappa shape index (κ3) is 4.63. The lowest BCUT2D eigenvalue weighted by molar-refractivity contribution is 0.250. The molecule has 1 aliphatic rings. The van der Waals surface area contributed by atoms with Crippen molar-refractivity contribution >= 4 is 11.3 Å². The molecule has 19 heavy (non-hydrogen) atoms. The van der Waals surface area contributed by atoms with Gasteiger partial charge < -0.3 is 10.2 Å². The molecule has 0 bridgehead atoms. The van der Waals surface area contributed by atoms with Crippen LogP contribution in [0.3, 0.4) is 0 Å². The third-order valence-corrected chi connectivity index (χ3v) is 4.38. The molecule has 1 aromatic rings. The molecular formula is C15H21NO2S. The molecule has 0 aliphatic carbocycles. The second kappa shape index (κ2) is 7.66. The first-order chi connectivity index (χ1) is 9.31. The number of thiophene rings is 1. The summed E-state index contributed by atoms with van der Waals surface area (Å²) in [5.74, 6) is 6.69. The Morgan fingerprint density at radius 1 is 1.32 bits per heavy atom. The summed E-state index contributed by atoms with van der Waals surface area (Å²) in [6, 6.07) is 4.21. The molecule has 3 nitrogen and oxygen atoms in total. The fraction of sp³-hybridized carbons (Fsp3) is 0.600. The van der Waals surface area contributed by atoms with Crippen LogP contribution in [0.1, 0.15) is 29.0 Å². The topological polar surface area (TPSA) is 43.7 Å². The number of nitrogens with zero attached hydrogens (tertiary/aromatic N) is 1. The first-order valence-corrected chi connectivity index (χ1v) is 7.65. The Morgan fingerprint density at radius 3 is 3.00 bits per heavy atom. The molecule has 0 spiro atoms. The second-order valence-corrected chi connectivity index (χ2v) is 6.11. The normalized spacial score (nSPS) is 19.4. The summed E-state index contributed by atoms with van der Waals surface area (Å²) in [5, 5.41) is 17.6. The first kappa shape index (κ1) is 14.5. The van der Waals surface area contributed by atoms with Crippen LogP contribution in [-0.2, 0) is 6.54 Å². The zero-order chi connectivity index (χ0) is 13.5. The summed E-state index contributed by atoms with van der Waals surface area (Å²) in [4.78, 5) is 4.88. The van der Waals surface area contributed by atoms with Gasteiger partial charge in [-0.1, -0.05) is 11.8 Å². The standard InChI is InChI=1S/C15H21NO2S/c17-9-2-1-3-14-4-5-15(19-14)12-16-8-6-13(11-16)7-10-18/h4-5,13,17-18H,2,6-12H2. The van der Waals surface area contributed by atoms with Crippen LogP contribution in [0.15, 0.2) is 12.1 Å². The fourth-order valence-electron chi connectivity index (χ4n) is 2.43. The van der Waals surface area contributed by atoms with E-state index in [0.29, 0.717) is 18.9 Å². The predicted octanol–water partition coefficient (Wildman–Crippen LogP) is 1.69. The Labute approximate surface area is 118 Å². The summed E-state index contributed by atoms with van der Waals surface area (Å²) in [6.45, 7) is 3.67. The second-order valence-electron chi connectivity index (χ2n) is 4.94. The van der Waals surface area contributed by atoms with Gasteiger partial charge in [0.05, 0.1) is 11.5 Å². The van der Waals surface area contributed by atoms with Crippen LogP contribution in [0.2, 0.25) is 0 Å². The van der Waals surface area contributed by atoms with Crippen LogP contribution in [0.5, 0.6) is 0 Å². The molecule has 0 radical (unpaired) electrons. The third-order valence-electron chi connectivity index (χ3n) is 3.40. The first-order valence-electron chi connectivity index (χ1n) is 6.83. The van der Waals surface area contributed by atoms with Crippen molar-refractivity contribution in [1.82, 2.24) is 4.90 Å². The van der Waals surface area contributed by atoms with Gasteiger partial charge in [0.25, 0.3) is 0 Å². The SMILES string of the molecule is OCCC#Cc1ccc(CN2CCC(CCO)C2)s1. The van der Waals surface area contributed by atoms with E-state index in [2.05, 4.69) is 28.9 Å². The van der Waals surface area contributed by atoms with Crippen LogP contribution >= 0.6 is 11.3 Å². The molecule has 1 atom stereocenters. The molecule has 4 heteroatoms. The average Bonchev–Trinajstić information content (AvgIpc) is 3.01. The van der Waals surface area contributed by atoms with Gasteiger partial charge in [0, 0.05) is 31.0 Å². The molecule has 2 N–H and O–H groups in total. The van der Waals surface area contributed by atoms with E-state index in [1.54, 1.807) is 11.3 Å². The minimum absolute atomic E-state index is 0.130. The summed E-state index contributed by atoms with van der Waals surface area (Å²) >= 11 is 1.74. The van der Waals surface area contributed by atoms with Gasteiger partial charge in [-0.05, 0) is 37.4 Å². The average molecular weight is 279 g/mol. The van der Waals surface area contributed by atoms with Gasteiger partial charge in [-0.3, -0.25) is 4.90 Å². The van der Waals surface area contributed by atoms with E-state index in [9.17, 15) is 0 Å². The maximum absolute atomic E-state index is 8.96. The van der Waals surface area contributed by atoms with Gasteiger partial charge in [0.15, 0.2) is 0 Å². The van der Waals surface area contributed by atoms with Crippen LogP contribution in [0.4, 0.5) is 0 Å². The lowest BCUT2D eigenvalue weighted by Gasteiger charge is -2.14. The number of hydrogen-bond acceptors (Lipinski definition) is 4. The van der Waals surface area contributed by atoms with E-state index in [-0.39, 0.29) is 6.61 Å². The van der Waals surface area contributed by atoms with Crippen molar-refractivity contribution in [2.45, 2.75) is 25.8 Å². The highest BCUT2D eigenvalue weighted by molar-refractivity contribution is 7.12. The number of aliphatic hydroxyl groups is 2. The Hall–Kier alpha value is -0.860. The lowest BCUT2D eigenvalue weighted by atomic mass is 10.1. The molecular weight excluding hydrogens is 258 g/mol. The molecule has 0 aromatic carbocycles. The summed E-state index contributed by atoms with van der Waals surface area (Å²) in [6.07, 6.45) is 2.68. The Morgan fingerprint density at radius 2 is 2.21 bits per heavy atom. The van der Waals surface area contributed by atoms with Crippen molar-refractivity contribution in [3.63, 3.8) is 0 Å². The van der Waals surface area contributed by atoms with Gasteiger partial charge in [-0.15, -0.1) is 11.3 Å². The largest absolute Gasteiger partial charge is 0.396 e. The molecule has 2 rings (SSSR count). The van der Waals surface area contributed by atoms with Gasteiger partial charge in [-0.25, -0.2) is 0 Å². The Kier molecular flexibility index (Phi) is 5.87. The molecule has 2 heterocycles. The lowest BCUT2D eigenvalue weighted by Crippen LogP contribution is -2.19. The van der Waals surface area contributed by atoms with Crippen LogP contribution < -0.4 is 0 Å². The summed E-state index contributed by atoms with van der Waals surface area (Å²) in [5.41, 5.74) is 0. The Balaban J connectivity index is 1.82. The fourth-order valence-corrected chi connectivity index (χ4v) is 3.36. The summed E-state index contributed by atoms with van der Waals surface area (Å²) in [7, 11) is 0. The maximum atomic E-state index is 8.96. The number of aliphatic hydroxyl groups excluding tert-OH is 2. The van der Waals surface area contributed by atoms with Gasteiger partial charge in [0.2, 0.25) is 0 Å². The molecule has 1 unspecified atom stereocenters. The minimum atomic E-state index is 0.130. The highest BCUT2D eigenvalue weighted by Gasteiger charge is 2.22. The number of hydrogen-bond donors (Lipinski definition) is 2. The highest BCUT2D eigenvalue weighted by atomic mass is 32.1. The maximum Gasteiger partial charge on any atom is 0.0771 e. The predicted molar refractivity (Wildman–Crippen MR) is 78.0 cm³/mol. The van der Waals surface area contributed by atoms with E-state index < -0.39 is 0 Å². The molecule has 1 saturated heterocycles. The molecule has 0 amide bonds. The number of likely N-dealkylation sites (tertiary alicyclic amines) is 1. The highest BCUT2D eigenvalue weighted by Crippen LogP contribution is 2.24. The van der Waals surface area contributed by atoms with Crippen LogP contribution in [-0.4, -0.2) is 41.4 Å². The Bertz CT molecular complexity index is 446. The molecule has 0 saturated carbocycles. The zero-order valence-electron chi connectivity index (χ0n) is 11.1. The number of rotatable bonds is 5. The van der Waals surface area contributed by atoms with Crippen molar-refractivity contribution in [2.75, 3.05) is 26.3 Å². The smallest absolute Gasteiger partial charge is 0.0771 e. The molecule has 1 aliphatic heterocycles. The van der Waals surface area contributed by atoms with E-state index in [1.807, 2.05) is 0 Å². The van der Waals surface area contributed by atoms with E-state index >= 15 is 0 Å². The van der Waals surface area contributed by atoms with E-state index in [4.69, 9.17) is 10.2 Å². The van der Waals surface area contributed by atoms with Crippen molar-refractivity contribution in [3.8, 4) is 11.8 Å². The van der Waals surface area contributed by atoms with Gasteiger partial charge in [0.1, 0.15) is 0 Å². The van der Waals surface area contributed by atoms with Gasteiger partial charge in [-0.2, -0.15) is 0 Å². The van der Waals surface area contributed by atoms with Crippen molar-refractivity contribution in [3.05, 3.63) is 21.9 Å². The van der Waals surface area contributed by atoms with Crippen molar-refractivity contribution in [1.29, 1.82) is 0 Å². The van der Waals surface area contributed by atoms with Crippen LogP contribution in [0, 0.1) is 17.8 Å². The monoisotopic (exact) mass is 279 g/mol. The molecule has 1 aromatic heterocycles. The zero-order valence-corrected chi connectivity index (χ0v) is 12.0. The van der Waals surface area contributed by atoms with E-state index in [0.717, 1.165) is 30.9 Å².